The minimum absolute atomic E-state index is 0.242. The van der Waals surface area contributed by atoms with E-state index < -0.39 is 0 Å². The van der Waals surface area contributed by atoms with E-state index in [0.717, 1.165) is 66.1 Å². The van der Waals surface area contributed by atoms with Crippen molar-refractivity contribution in [2.24, 2.45) is 0 Å². The molecule has 1 aliphatic heterocycles. The molecule has 7 heteroatoms. The molecule has 0 atom stereocenters. The Hall–Kier alpha value is -3.55. The van der Waals surface area contributed by atoms with E-state index in [9.17, 15) is 4.79 Å². The number of hydrogen-bond acceptors (Lipinski definition) is 5. The number of anilines is 1. The van der Waals surface area contributed by atoms with Gasteiger partial charge in [-0.25, -0.2) is 0 Å². The Morgan fingerprint density at radius 1 is 1.03 bits per heavy atom. The second-order valence-corrected chi connectivity index (χ2v) is 7.62. The van der Waals surface area contributed by atoms with E-state index in [1.165, 1.54) is 0 Å². The number of aromatic amines is 1. The summed E-state index contributed by atoms with van der Waals surface area (Å²) in [6.07, 6.45) is 3.77. The summed E-state index contributed by atoms with van der Waals surface area (Å²) in [4.78, 5) is 19.6. The lowest BCUT2D eigenvalue weighted by atomic mass is 10.0. The molecule has 31 heavy (non-hydrogen) atoms. The third-order valence-corrected chi connectivity index (χ3v) is 5.45. The van der Waals surface area contributed by atoms with Gasteiger partial charge < -0.3 is 10.1 Å². The first-order chi connectivity index (χ1) is 15.3. The fourth-order valence-corrected chi connectivity index (χ4v) is 3.83. The van der Waals surface area contributed by atoms with Crippen molar-refractivity contribution in [3.63, 3.8) is 0 Å². The zero-order valence-corrected chi connectivity index (χ0v) is 17.0. The van der Waals surface area contributed by atoms with Crippen LogP contribution in [0.25, 0.3) is 22.0 Å². The molecule has 2 aromatic carbocycles. The monoisotopic (exact) mass is 413 g/mol. The van der Waals surface area contributed by atoms with Gasteiger partial charge in [-0.1, -0.05) is 24.3 Å². The van der Waals surface area contributed by atoms with Gasteiger partial charge in [-0.05, 0) is 41.5 Å². The number of aromatic nitrogens is 3. The van der Waals surface area contributed by atoms with E-state index >= 15 is 0 Å². The molecule has 1 aliphatic rings. The van der Waals surface area contributed by atoms with Crippen LogP contribution < -0.4 is 5.32 Å². The first-order valence-corrected chi connectivity index (χ1v) is 10.4. The van der Waals surface area contributed by atoms with E-state index in [1.807, 2.05) is 60.9 Å². The predicted molar refractivity (Wildman–Crippen MR) is 120 cm³/mol. The van der Waals surface area contributed by atoms with E-state index in [0.29, 0.717) is 5.69 Å². The molecule has 5 rings (SSSR count). The molecule has 4 aromatic rings. The van der Waals surface area contributed by atoms with Crippen LogP contribution in [0.5, 0.6) is 0 Å². The quantitative estimate of drug-likeness (QED) is 0.521. The highest BCUT2D eigenvalue weighted by atomic mass is 16.5. The number of hydrogen-bond donors (Lipinski definition) is 2. The van der Waals surface area contributed by atoms with Crippen LogP contribution >= 0.6 is 0 Å². The minimum atomic E-state index is -0.242. The maximum absolute atomic E-state index is 12.8. The topological polar surface area (TPSA) is 83.1 Å². The second kappa shape index (κ2) is 8.67. The van der Waals surface area contributed by atoms with Crippen molar-refractivity contribution in [2.75, 3.05) is 31.6 Å². The summed E-state index contributed by atoms with van der Waals surface area (Å²) in [7, 11) is 0. The van der Waals surface area contributed by atoms with Crippen LogP contribution in [-0.4, -0.2) is 52.3 Å². The van der Waals surface area contributed by atoms with Crippen LogP contribution in [0.3, 0.4) is 0 Å². The molecule has 0 aliphatic carbocycles. The molecule has 0 bridgehead atoms. The van der Waals surface area contributed by atoms with Gasteiger partial charge in [0, 0.05) is 48.7 Å². The Bertz CT molecular complexity index is 1200. The lowest BCUT2D eigenvalue weighted by Gasteiger charge is -2.26. The number of fused-ring (bicyclic) bond motifs is 1. The van der Waals surface area contributed by atoms with Crippen LogP contribution in [-0.2, 0) is 11.3 Å². The fourth-order valence-electron chi connectivity index (χ4n) is 3.83. The highest BCUT2D eigenvalue weighted by Gasteiger charge is 2.16. The number of amides is 1. The lowest BCUT2D eigenvalue weighted by Crippen LogP contribution is -2.35. The Morgan fingerprint density at radius 2 is 1.87 bits per heavy atom. The summed E-state index contributed by atoms with van der Waals surface area (Å²) in [5, 5.41) is 10.9. The SMILES string of the molecule is O=C(Nc1ccccc1)c1n[nH]c2ccc(-c3cncc(CN4CCOCC4)c3)cc12. The largest absolute Gasteiger partial charge is 0.379 e. The maximum atomic E-state index is 12.8. The number of benzene rings is 2. The summed E-state index contributed by atoms with van der Waals surface area (Å²) in [6.45, 7) is 4.27. The van der Waals surface area contributed by atoms with Gasteiger partial charge in [0.2, 0.25) is 0 Å². The number of morpholine rings is 1. The maximum Gasteiger partial charge on any atom is 0.276 e. The normalized spacial score (nSPS) is 14.6. The van der Waals surface area contributed by atoms with Crippen molar-refractivity contribution in [3.8, 4) is 11.1 Å². The highest BCUT2D eigenvalue weighted by Crippen LogP contribution is 2.26. The van der Waals surface area contributed by atoms with Gasteiger partial charge in [0.25, 0.3) is 5.91 Å². The second-order valence-electron chi connectivity index (χ2n) is 7.62. The number of nitrogens with zero attached hydrogens (tertiary/aromatic N) is 3. The summed E-state index contributed by atoms with van der Waals surface area (Å²) in [5.74, 6) is -0.242. The van der Waals surface area contributed by atoms with Crippen molar-refractivity contribution in [3.05, 3.63) is 78.2 Å². The molecule has 2 aromatic heterocycles. The van der Waals surface area contributed by atoms with Crippen molar-refractivity contribution >= 4 is 22.5 Å². The number of carbonyl (C=O) groups is 1. The van der Waals surface area contributed by atoms with Crippen molar-refractivity contribution in [1.82, 2.24) is 20.1 Å². The molecule has 1 saturated heterocycles. The zero-order valence-electron chi connectivity index (χ0n) is 17.0. The van der Waals surface area contributed by atoms with Gasteiger partial charge in [-0.15, -0.1) is 0 Å². The van der Waals surface area contributed by atoms with Crippen LogP contribution in [0.2, 0.25) is 0 Å². The number of pyridine rings is 1. The predicted octanol–water partition coefficient (Wildman–Crippen LogP) is 3.71. The van der Waals surface area contributed by atoms with Crippen molar-refractivity contribution in [1.29, 1.82) is 0 Å². The van der Waals surface area contributed by atoms with Gasteiger partial charge in [-0.3, -0.25) is 19.8 Å². The summed E-state index contributed by atoms with van der Waals surface area (Å²) in [6, 6.07) is 17.5. The van der Waals surface area contributed by atoms with Crippen LogP contribution in [0, 0.1) is 0 Å². The lowest BCUT2D eigenvalue weighted by molar-refractivity contribution is 0.0341. The van der Waals surface area contributed by atoms with Crippen LogP contribution in [0.4, 0.5) is 5.69 Å². The van der Waals surface area contributed by atoms with Gasteiger partial charge in [-0.2, -0.15) is 5.10 Å². The number of carbonyl (C=O) groups excluding carboxylic acids is 1. The Balaban J connectivity index is 1.41. The number of rotatable bonds is 5. The summed E-state index contributed by atoms with van der Waals surface area (Å²) in [5.41, 5.74) is 5.10. The van der Waals surface area contributed by atoms with Crippen LogP contribution in [0.15, 0.2) is 67.0 Å². The molecular formula is C24H23N5O2. The van der Waals surface area contributed by atoms with Gasteiger partial charge in [0.15, 0.2) is 5.69 Å². The number of para-hydroxylation sites is 1. The summed E-state index contributed by atoms with van der Waals surface area (Å²) < 4.78 is 5.43. The average Bonchev–Trinajstić information content (AvgIpc) is 3.24. The number of H-pyrrole nitrogens is 1. The van der Waals surface area contributed by atoms with E-state index in [-0.39, 0.29) is 5.91 Å². The average molecular weight is 413 g/mol. The Morgan fingerprint density at radius 3 is 2.71 bits per heavy atom. The summed E-state index contributed by atoms with van der Waals surface area (Å²) >= 11 is 0. The molecule has 2 N–H and O–H groups in total. The molecule has 3 heterocycles. The van der Waals surface area contributed by atoms with E-state index in [2.05, 4.69) is 31.5 Å². The third kappa shape index (κ3) is 4.33. The van der Waals surface area contributed by atoms with Crippen molar-refractivity contribution in [2.45, 2.75) is 6.54 Å². The molecule has 7 nitrogen and oxygen atoms in total. The zero-order chi connectivity index (χ0) is 21.0. The molecule has 1 fully saturated rings. The Labute approximate surface area is 180 Å². The molecule has 0 unspecified atom stereocenters. The first-order valence-electron chi connectivity index (χ1n) is 10.4. The number of nitrogens with one attached hydrogen (secondary N) is 2. The fraction of sp³-hybridized carbons (Fsp3) is 0.208. The number of ether oxygens (including phenoxy) is 1. The molecule has 1 amide bonds. The van der Waals surface area contributed by atoms with E-state index in [4.69, 9.17) is 4.74 Å². The van der Waals surface area contributed by atoms with Crippen molar-refractivity contribution < 1.29 is 9.53 Å². The van der Waals surface area contributed by atoms with Gasteiger partial charge in [0.05, 0.1) is 18.7 Å². The molecule has 0 radical (unpaired) electrons. The highest BCUT2D eigenvalue weighted by molar-refractivity contribution is 6.11. The first kappa shape index (κ1) is 19.4. The minimum Gasteiger partial charge on any atom is -0.379 e. The molecular weight excluding hydrogens is 390 g/mol. The molecule has 0 spiro atoms. The Kier molecular flexibility index (Phi) is 5.43. The molecule has 156 valence electrons. The van der Waals surface area contributed by atoms with Gasteiger partial charge in [0.1, 0.15) is 0 Å². The standard InChI is InChI=1S/C24H23N5O2/c30-24(26-20-4-2-1-3-5-20)23-21-13-18(6-7-22(21)27-28-23)19-12-17(14-25-15-19)16-29-8-10-31-11-9-29/h1-7,12-15H,8-11,16H2,(H,26,30)(H,27,28). The van der Waals surface area contributed by atoms with Gasteiger partial charge >= 0.3 is 0 Å². The smallest absolute Gasteiger partial charge is 0.276 e. The van der Waals surface area contributed by atoms with Crippen LogP contribution in [0.1, 0.15) is 16.1 Å². The third-order valence-electron chi connectivity index (χ3n) is 5.45. The molecule has 0 saturated carbocycles. The van der Waals surface area contributed by atoms with E-state index in [1.54, 1.807) is 0 Å².